The Kier molecular flexibility index (Phi) is 4.59. The van der Waals surface area contributed by atoms with E-state index in [4.69, 9.17) is 0 Å². The molecule has 0 spiro atoms. The maximum atomic E-state index is 11.0. The smallest absolute Gasteiger partial charge is 0.148 e. The van der Waals surface area contributed by atoms with Gasteiger partial charge in [0, 0.05) is 12.3 Å². The zero-order valence-electron chi connectivity index (χ0n) is 9.99. The second-order valence-corrected chi connectivity index (χ2v) is 7.37. The van der Waals surface area contributed by atoms with Crippen LogP contribution in [0.15, 0.2) is 0 Å². The predicted molar refractivity (Wildman–Crippen MR) is 63.7 cm³/mol. The molecule has 1 aliphatic rings. The molecule has 0 radical (unpaired) electrons. The highest BCUT2D eigenvalue weighted by Crippen LogP contribution is 2.29. The van der Waals surface area contributed by atoms with Gasteiger partial charge in [0.05, 0.1) is 5.75 Å². The lowest BCUT2D eigenvalue weighted by molar-refractivity contribution is 0.445. The normalized spacial score (nSPS) is 29.3. The van der Waals surface area contributed by atoms with E-state index in [-0.39, 0.29) is 11.8 Å². The first kappa shape index (κ1) is 13.0. The highest BCUT2D eigenvalue weighted by atomic mass is 32.2. The van der Waals surface area contributed by atoms with Crippen molar-refractivity contribution in [2.75, 3.05) is 18.6 Å². The van der Waals surface area contributed by atoms with Crippen LogP contribution in [0.3, 0.4) is 0 Å². The van der Waals surface area contributed by atoms with E-state index in [0.29, 0.717) is 0 Å². The van der Waals surface area contributed by atoms with E-state index in [1.54, 1.807) is 0 Å². The molecule has 90 valence electrons. The van der Waals surface area contributed by atoms with Crippen molar-refractivity contribution in [2.24, 2.45) is 11.8 Å². The molecule has 3 atom stereocenters. The molecule has 0 aromatic carbocycles. The molecular weight excluding hydrogens is 210 g/mol. The zero-order valence-corrected chi connectivity index (χ0v) is 10.8. The summed E-state index contributed by atoms with van der Waals surface area (Å²) in [6, 6.07) is 0.0795. The fourth-order valence-corrected chi connectivity index (χ4v) is 3.42. The SMILES string of the molecule is CC1CCC(CNC(C)CS(C)(=O)=O)C1. The van der Waals surface area contributed by atoms with Gasteiger partial charge in [-0.2, -0.15) is 0 Å². The summed E-state index contributed by atoms with van der Waals surface area (Å²) in [5.41, 5.74) is 0. The van der Waals surface area contributed by atoms with E-state index in [0.717, 1.165) is 18.4 Å². The van der Waals surface area contributed by atoms with Crippen molar-refractivity contribution >= 4 is 9.84 Å². The van der Waals surface area contributed by atoms with Crippen LogP contribution in [0, 0.1) is 11.8 Å². The number of rotatable bonds is 5. The van der Waals surface area contributed by atoms with E-state index < -0.39 is 9.84 Å². The number of hydrogen-bond acceptors (Lipinski definition) is 3. The summed E-state index contributed by atoms with van der Waals surface area (Å²) in [7, 11) is -2.84. The summed E-state index contributed by atoms with van der Waals surface area (Å²) in [6.07, 6.45) is 5.20. The number of sulfone groups is 1. The van der Waals surface area contributed by atoms with Crippen molar-refractivity contribution < 1.29 is 8.42 Å². The topological polar surface area (TPSA) is 46.2 Å². The minimum Gasteiger partial charge on any atom is -0.313 e. The lowest BCUT2D eigenvalue weighted by Crippen LogP contribution is -2.35. The van der Waals surface area contributed by atoms with Crippen LogP contribution in [0.25, 0.3) is 0 Å². The van der Waals surface area contributed by atoms with Gasteiger partial charge in [-0.25, -0.2) is 8.42 Å². The van der Waals surface area contributed by atoms with Gasteiger partial charge in [-0.05, 0) is 38.1 Å². The highest BCUT2D eigenvalue weighted by molar-refractivity contribution is 7.90. The van der Waals surface area contributed by atoms with E-state index in [1.165, 1.54) is 25.5 Å². The largest absolute Gasteiger partial charge is 0.313 e. The monoisotopic (exact) mass is 233 g/mol. The van der Waals surface area contributed by atoms with Gasteiger partial charge >= 0.3 is 0 Å². The van der Waals surface area contributed by atoms with Crippen molar-refractivity contribution in [3.63, 3.8) is 0 Å². The molecule has 0 bridgehead atoms. The molecule has 0 aliphatic heterocycles. The molecule has 3 nitrogen and oxygen atoms in total. The predicted octanol–water partition coefficient (Wildman–Crippen LogP) is 1.45. The third kappa shape index (κ3) is 5.52. The van der Waals surface area contributed by atoms with Gasteiger partial charge < -0.3 is 5.32 Å². The molecule has 1 fully saturated rings. The molecule has 3 unspecified atom stereocenters. The third-order valence-corrected chi connectivity index (χ3v) is 4.22. The van der Waals surface area contributed by atoms with Crippen molar-refractivity contribution in [1.82, 2.24) is 5.32 Å². The Morgan fingerprint density at radius 1 is 1.40 bits per heavy atom. The maximum absolute atomic E-state index is 11.0. The molecule has 0 aromatic rings. The fourth-order valence-electron chi connectivity index (χ4n) is 2.39. The first-order valence-corrected chi connectivity index (χ1v) is 7.84. The molecule has 1 rings (SSSR count). The lowest BCUT2D eigenvalue weighted by atomic mass is 10.1. The molecule has 0 heterocycles. The molecule has 0 saturated heterocycles. The Bertz CT molecular complexity index is 287. The summed E-state index contributed by atoms with van der Waals surface area (Å²) in [4.78, 5) is 0. The summed E-state index contributed by atoms with van der Waals surface area (Å²) >= 11 is 0. The Morgan fingerprint density at radius 2 is 2.07 bits per heavy atom. The highest BCUT2D eigenvalue weighted by Gasteiger charge is 2.21. The number of nitrogens with one attached hydrogen (secondary N) is 1. The zero-order chi connectivity index (χ0) is 11.5. The van der Waals surface area contributed by atoms with Gasteiger partial charge in [0.2, 0.25) is 0 Å². The summed E-state index contributed by atoms with van der Waals surface area (Å²) in [6.45, 7) is 5.21. The molecule has 15 heavy (non-hydrogen) atoms. The van der Waals surface area contributed by atoms with Crippen LogP contribution >= 0.6 is 0 Å². The van der Waals surface area contributed by atoms with Crippen molar-refractivity contribution in [3.8, 4) is 0 Å². The van der Waals surface area contributed by atoms with Crippen molar-refractivity contribution in [2.45, 2.75) is 39.2 Å². The van der Waals surface area contributed by atoms with Crippen molar-refractivity contribution in [3.05, 3.63) is 0 Å². The third-order valence-electron chi connectivity index (χ3n) is 3.11. The summed E-state index contributed by atoms with van der Waals surface area (Å²) in [5, 5.41) is 3.32. The van der Waals surface area contributed by atoms with Crippen LogP contribution in [-0.2, 0) is 9.84 Å². The lowest BCUT2D eigenvalue weighted by Gasteiger charge is -2.16. The fraction of sp³-hybridized carbons (Fsp3) is 1.00. The van der Waals surface area contributed by atoms with Gasteiger partial charge in [0.25, 0.3) is 0 Å². The molecule has 1 saturated carbocycles. The summed E-state index contributed by atoms with van der Waals surface area (Å²) < 4.78 is 22.1. The first-order chi connectivity index (χ1) is 6.87. The van der Waals surface area contributed by atoms with Gasteiger partial charge in [0.15, 0.2) is 0 Å². The summed E-state index contributed by atoms with van der Waals surface area (Å²) in [5.74, 6) is 1.85. The number of hydrogen-bond donors (Lipinski definition) is 1. The molecule has 0 amide bonds. The Morgan fingerprint density at radius 3 is 2.53 bits per heavy atom. The van der Waals surface area contributed by atoms with E-state index >= 15 is 0 Å². The minimum absolute atomic E-state index is 0.0795. The maximum Gasteiger partial charge on any atom is 0.148 e. The van der Waals surface area contributed by atoms with Gasteiger partial charge in [-0.3, -0.25) is 0 Å². The van der Waals surface area contributed by atoms with Crippen LogP contribution in [-0.4, -0.2) is 33.0 Å². The van der Waals surface area contributed by atoms with Crippen LogP contribution in [0.4, 0.5) is 0 Å². The second kappa shape index (κ2) is 5.30. The van der Waals surface area contributed by atoms with E-state index in [1.807, 2.05) is 6.92 Å². The molecule has 4 heteroatoms. The quantitative estimate of drug-likeness (QED) is 0.781. The minimum atomic E-state index is -2.84. The van der Waals surface area contributed by atoms with Crippen LogP contribution in [0.2, 0.25) is 0 Å². The molecule has 1 aliphatic carbocycles. The van der Waals surface area contributed by atoms with Crippen LogP contribution < -0.4 is 5.32 Å². The van der Waals surface area contributed by atoms with E-state index in [9.17, 15) is 8.42 Å². The molecule has 1 N–H and O–H groups in total. The van der Waals surface area contributed by atoms with Gasteiger partial charge in [-0.15, -0.1) is 0 Å². The van der Waals surface area contributed by atoms with Gasteiger partial charge in [0.1, 0.15) is 9.84 Å². The van der Waals surface area contributed by atoms with Crippen LogP contribution in [0.1, 0.15) is 33.1 Å². The van der Waals surface area contributed by atoms with Gasteiger partial charge in [-0.1, -0.05) is 13.3 Å². The Labute approximate surface area is 93.6 Å². The van der Waals surface area contributed by atoms with Crippen LogP contribution in [0.5, 0.6) is 0 Å². The average molecular weight is 233 g/mol. The molecular formula is C11H23NO2S. The average Bonchev–Trinajstić information content (AvgIpc) is 2.45. The second-order valence-electron chi connectivity index (χ2n) is 5.19. The Hall–Kier alpha value is -0.0900. The first-order valence-electron chi connectivity index (χ1n) is 5.78. The van der Waals surface area contributed by atoms with Crippen molar-refractivity contribution in [1.29, 1.82) is 0 Å². The Balaban J connectivity index is 2.20. The standard InChI is InChI=1S/C11H23NO2S/c1-9-4-5-11(6-9)7-12-10(2)8-15(3,13)14/h9-12H,4-8H2,1-3H3. The molecule has 0 aromatic heterocycles. The van der Waals surface area contributed by atoms with E-state index in [2.05, 4.69) is 12.2 Å².